The lowest BCUT2D eigenvalue weighted by atomic mass is 10.1. The van der Waals surface area contributed by atoms with Crippen LogP contribution in [0.15, 0.2) is 72.8 Å². The van der Waals surface area contributed by atoms with Crippen LogP contribution in [0.4, 0.5) is 5.69 Å². The Labute approximate surface area is 159 Å². The van der Waals surface area contributed by atoms with Crippen molar-refractivity contribution >= 4 is 17.5 Å². The molecule has 0 fully saturated rings. The monoisotopic (exact) mass is 358 g/mol. The first-order valence-electron chi connectivity index (χ1n) is 8.84. The molecule has 0 radical (unpaired) electrons. The van der Waals surface area contributed by atoms with Crippen LogP contribution in [0, 0.1) is 13.8 Å². The number of amides is 2. The van der Waals surface area contributed by atoms with Gasteiger partial charge >= 0.3 is 0 Å². The van der Waals surface area contributed by atoms with E-state index in [9.17, 15) is 9.59 Å². The van der Waals surface area contributed by atoms with E-state index in [1.54, 1.807) is 48.5 Å². The highest BCUT2D eigenvalue weighted by atomic mass is 16.2. The van der Waals surface area contributed by atoms with Gasteiger partial charge in [0, 0.05) is 12.1 Å². The van der Waals surface area contributed by atoms with Gasteiger partial charge in [0.25, 0.3) is 11.8 Å². The number of nitrogens with one attached hydrogen (secondary N) is 2. The summed E-state index contributed by atoms with van der Waals surface area (Å²) in [5.41, 5.74) is 4.87. The molecule has 3 rings (SSSR count). The molecule has 0 aliphatic carbocycles. The zero-order chi connectivity index (χ0) is 19.2. The Morgan fingerprint density at radius 1 is 0.815 bits per heavy atom. The van der Waals surface area contributed by atoms with E-state index >= 15 is 0 Å². The Hall–Kier alpha value is -3.40. The molecule has 0 aromatic heterocycles. The van der Waals surface area contributed by atoms with E-state index in [1.165, 1.54) is 5.56 Å². The van der Waals surface area contributed by atoms with Crippen molar-refractivity contribution in [2.75, 3.05) is 5.32 Å². The molecular weight excluding hydrogens is 336 g/mol. The predicted octanol–water partition coefficient (Wildman–Crippen LogP) is 4.49. The minimum atomic E-state index is -0.245. The average Bonchev–Trinajstić information content (AvgIpc) is 2.68. The van der Waals surface area contributed by atoms with Gasteiger partial charge in [-0.3, -0.25) is 9.59 Å². The Morgan fingerprint density at radius 2 is 1.52 bits per heavy atom. The lowest BCUT2D eigenvalue weighted by Crippen LogP contribution is -2.25. The number of hydrogen-bond acceptors (Lipinski definition) is 2. The maximum Gasteiger partial charge on any atom is 0.255 e. The number of aryl methyl sites for hydroxylation is 2. The van der Waals surface area contributed by atoms with E-state index in [0.717, 1.165) is 11.1 Å². The van der Waals surface area contributed by atoms with Gasteiger partial charge < -0.3 is 10.6 Å². The molecule has 4 nitrogen and oxygen atoms in total. The average molecular weight is 358 g/mol. The van der Waals surface area contributed by atoms with Gasteiger partial charge in [0.2, 0.25) is 0 Å². The smallest absolute Gasteiger partial charge is 0.255 e. The first-order chi connectivity index (χ1) is 13.0. The molecule has 3 aromatic rings. The number of rotatable bonds is 5. The van der Waals surface area contributed by atoms with Crippen molar-refractivity contribution < 1.29 is 9.59 Å². The molecule has 0 atom stereocenters. The fourth-order valence-electron chi connectivity index (χ4n) is 2.89. The molecule has 0 aliphatic rings. The minimum absolute atomic E-state index is 0.223. The van der Waals surface area contributed by atoms with Crippen LogP contribution in [0.5, 0.6) is 0 Å². The molecule has 2 N–H and O–H groups in total. The summed E-state index contributed by atoms with van der Waals surface area (Å²) in [6, 6.07) is 22.1. The number of carbonyl (C=O) groups is 2. The quantitative estimate of drug-likeness (QED) is 0.706. The molecule has 0 saturated heterocycles. The van der Waals surface area contributed by atoms with Crippen molar-refractivity contribution in [3.63, 3.8) is 0 Å². The summed E-state index contributed by atoms with van der Waals surface area (Å²) in [6.45, 7) is 4.51. The second kappa shape index (κ2) is 8.32. The highest BCUT2D eigenvalue weighted by Crippen LogP contribution is 2.17. The van der Waals surface area contributed by atoms with Crippen LogP contribution in [0.25, 0.3) is 0 Å². The Morgan fingerprint density at radius 3 is 2.26 bits per heavy atom. The van der Waals surface area contributed by atoms with E-state index in [2.05, 4.69) is 16.7 Å². The molecule has 0 bridgehead atoms. The Bertz CT molecular complexity index is 965. The van der Waals surface area contributed by atoms with Crippen molar-refractivity contribution in [1.82, 2.24) is 5.32 Å². The number of para-hydroxylation sites is 1. The fourth-order valence-corrected chi connectivity index (χ4v) is 2.89. The zero-order valence-corrected chi connectivity index (χ0v) is 15.5. The lowest BCUT2D eigenvalue weighted by molar-refractivity contribution is 0.0951. The third-order valence-corrected chi connectivity index (χ3v) is 4.39. The van der Waals surface area contributed by atoms with Crippen LogP contribution in [0.1, 0.15) is 37.4 Å². The molecule has 136 valence electrons. The fraction of sp³-hybridized carbons (Fsp3) is 0.130. The maximum atomic E-state index is 12.7. The summed E-state index contributed by atoms with van der Waals surface area (Å²) in [5.74, 6) is -0.468. The van der Waals surface area contributed by atoms with Gasteiger partial charge in [-0.2, -0.15) is 0 Å². The van der Waals surface area contributed by atoms with Crippen LogP contribution < -0.4 is 10.6 Å². The topological polar surface area (TPSA) is 58.2 Å². The van der Waals surface area contributed by atoms with Gasteiger partial charge in [-0.1, -0.05) is 54.1 Å². The van der Waals surface area contributed by atoms with Gasteiger partial charge in [-0.25, -0.2) is 0 Å². The van der Waals surface area contributed by atoms with E-state index < -0.39 is 0 Å². The second-order valence-electron chi connectivity index (χ2n) is 6.48. The highest BCUT2D eigenvalue weighted by Gasteiger charge is 2.14. The molecule has 0 unspecified atom stereocenters. The van der Waals surface area contributed by atoms with Gasteiger partial charge in [-0.05, 0) is 49.2 Å². The third-order valence-electron chi connectivity index (χ3n) is 4.39. The van der Waals surface area contributed by atoms with Crippen molar-refractivity contribution in [3.05, 3.63) is 101 Å². The standard InChI is InChI=1S/C23H22N2O2/c1-16-12-13-19(17(2)14-16)15-24-23(27)20-10-6-7-11-21(20)25-22(26)18-8-4-3-5-9-18/h3-14H,15H2,1-2H3,(H,24,27)(H,25,26). The number of carbonyl (C=O) groups excluding carboxylic acids is 2. The minimum Gasteiger partial charge on any atom is -0.348 e. The molecule has 2 amide bonds. The third kappa shape index (κ3) is 4.61. The summed E-state index contributed by atoms with van der Waals surface area (Å²) >= 11 is 0. The number of hydrogen-bond donors (Lipinski definition) is 2. The van der Waals surface area contributed by atoms with Crippen molar-refractivity contribution in [3.8, 4) is 0 Å². The molecular formula is C23H22N2O2. The molecule has 0 heterocycles. The van der Waals surface area contributed by atoms with Crippen molar-refractivity contribution in [2.24, 2.45) is 0 Å². The first-order valence-corrected chi connectivity index (χ1v) is 8.84. The van der Waals surface area contributed by atoms with Gasteiger partial charge in [-0.15, -0.1) is 0 Å². The van der Waals surface area contributed by atoms with Crippen molar-refractivity contribution in [1.29, 1.82) is 0 Å². The largest absolute Gasteiger partial charge is 0.348 e. The normalized spacial score (nSPS) is 10.3. The first kappa shape index (κ1) is 18.4. The van der Waals surface area contributed by atoms with Crippen LogP contribution in [-0.4, -0.2) is 11.8 Å². The predicted molar refractivity (Wildman–Crippen MR) is 108 cm³/mol. The van der Waals surface area contributed by atoms with Gasteiger partial charge in [0.15, 0.2) is 0 Å². The zero-order valence-electron chi connectivity index (χ0n) is 15.5. The van der Waals surface area contributed by atoms with E-state index in [4.69, 9.17) is 0 Å². The molecule has 0 aliphatic heterocycles. The van der Waals surface area contributed by atoms with Gasteiger partial charge in [0.1, 0.15) is 0 Å². The molecule has 27 heavy (non-hydrogen) atoms. The van der Waals surface area contributed by atoms with E-state index in [1.807, 2.05) is 32.0 Å². The maximum absolute atomic E-state index is 12.7. The van der Waals surface area contributed by atoms with Crippen molar-refractivity contribution in [2.45, 2.75) is 20.4 Å². The van der Waals surface area contributed by atoms with Crippen LogP contribution in [0.3, 0.4) is 0 Å². The molecule has 0 saturated carbocycles. The number of anilines is 1. The summed E-state index contributed by atoms with van der Waals surface area (Å²) in [5, 5.41) is 5.76. The Kier molecular flexibility index (Phi) is 5.67. The molecule has 3 aromatic carbocycles. The summed E-state index contributed by atoms with van der Waals surface area (Å²) in [7, 11) is 0. The summed E-state index contributed by atoms with van der Waals surface area (Å²) in [6.07, 6.45) is 0. The van der Waals surface area contributed by atoms with Gasteiger partial charge in [0.05, 0.1) is 11.3 Å². The van der Waals surface area contributed by atoms with E-state index in [0.29, 0.717) is 23.4 Å². The number of benzene rings is 3. The molecule has 0 spiro atoms. The van der Waals surface area contributed by atoms with E-state index in [-0.39, 0.29) is 11.8 Å². The molecule has 4 heteroatoms. The SMILES string of the molecule is Cc1ccc(CNC(=O)c2ccccc2NC(=O)c2ccccc2)c(C)c1. The van der Waals surface area contributed by atoms with Crippen LogP contribution in [0.2, 0.25) is 0 Å². The summed E-state index contributed by atoms with van der Waals surface area (Å²) in [4.78, 5) is 25.1. The van der Waals surface area contributed by atoms with Crippen LogP contribution in [-0.2, 0) is 6.54 Å². The lowest BCUT2D eigenvalue weighted by Gasteiger charge is -2.13. The summed E-state index contributed by atoms with van der Waals surface area (Å²) < 4.78 is 0. The second-order valence-corrected chi connectivity index (χ2v) is 6.48. The van der Waals surface area contributed by atoms with Crippen LogP contribution >= 0.6 is 0 Å². The Balaban J connectivity index is 1.73. The highest BCUT2D eigenvalue weighted by molar-refractivity contribution is 6.08.